The van der Waals surface area contributed by atoms with Crippen LogP contribution in [0.5, 0.6) is 0 Å². The number of aromatic nitrogens is 3. The van der Waals surface area contributed by atoms with E-state index in [-0.39, 0.29) is 5.56 Å². The van der Waals surface area contributed by atoms with E-state index in [9.17, 15) is 9.59 Å². The van der Waals surface area contributed by atoms with Gasteiger partial charge in [0.2, 0.25) is 0 Å². The van der Waals surface area contributed by atoms with Gasteiger partial charge in [-0.05, 0) is 37.6 Å². The Morgan fingerprint density at radius 2 is 1.90 bits per heavy atom. The van der Waals surface area contributed by atoms with Gasteiger partial charge in [-0.2, -0.15) is 0 Å². The van der Waals surface area contributed by atoms with Gasteiger partial charge >= 0.3 is 5.97 Å². The van der Waals surface area contributed by atoms with Gasteiger partial charge in [-0.25, -0.2) is 9.78 Å². The topological polar surface area (TPSA) is 74.1 Å². The summed E-state index contributed by atoms with van der Waals surface area (Å²) >= 11 is 0. The van der Waals surface area contributed by atoms with Crippen LogP contribution in [0, 0.1) is 13.8 Å². The van der Waals surface area contributed by atoms with E-state index in [1.165, 1.54) is 11.7 Å². The second-order valence-corrected chi connectivity index (χ2v) is 6.75. The number of aryl methyl sites for hydroxylation is 2. The molecule has 0 fully saturated rings. The van der Waals surface area contributed by atoms with Gasteiger partial charge in [0.15, 0.2) is 0 Å². The van der Waals surface area contributed by atoms with E-state index in [2.05, 4.69) is 9.97 Å². The van der Waals surface area contributed by atoms with E-state index < -0.39 is 5.97 Å². The van der Waals surface area contributed by atoms with Crippen LogP contribution in [0.15, 0.2) is 65.7 Å². The molecule has 0 atom stereocenters. The van der Waals surface area contributed by atoms with Crippen LogP contribution in [0.25, 0.3) is 27.8 Å². The number of rotatable bonds is 3. The molecule has 0 saturated carbocycles. The van der Waals surface area contributed by atoms with Gasteiger partial charge in [-0.15, -0.1) is 0 Å². The fourth-order valence-electron chi connectivity index (χ4n) is 3.51. The van der Waals surface area contributed by atoms with E-state index in [0.29, 0.717) is 33.5 Å². The van der Waals surface area contributed by atoms with Crippen molar-refractivity contribution in [3.63, 3.8) is 0 Å². The van der Waals surface area contributed by atoms with E-state index in [1.807, 2.05) is 37.3 Å². The van der Waals surface area contributed by atoms with E-state index in [1.54, 1.807) is 37.5 Å². The summed E-state index contributed by atoms with van der Waals surface area (Å²) in [5.41, 5.74) is 3.33. The lowest BCUT2D eigenvalue weighted by Gasteiger charge is -2.15. The van der Waals surface area contributed by atoms with Gasteiger partial charge in [0, 0.05) is 18.0 Å². The summed E-state index contributed by atoms with van der Waals surface area (Å²) in [5, 5.41) is 0.356. The fraction of sp³-hybridized carbons (Fsp3) is 0.130. The largest absolute Gasteiger partial charge is 0.465 e. The molecule has 0 saturated heterocycles. The molecule has 6 nitrogen and oxygen atoms in total. The highest BCUT2D eigenvalue weighted by atomic mass is 16.5. The van der Waals surface area contributed by atoms with Crippen LogP contribution in [0.1, 0.15) is 21.6 Å². The van der Waals surface area contributed by atoms with Crippen LogP contribution in [-0.2, 0) is 4.74 Å². The van der Waals surface area contributed by atoms with Crippen LogP contribution in [0.3, 0.4) is 0 Å². The van der Waals surface area contributed by atoms with Crippen molar-refractivity contribution in [2.75, 3.05) is 7.11 Å². The summed E-state index contributed by atoms with van der Waals surface area (Å²) in [5.74, 6) is -0.0316. The molecule has 1 aromatic carbocycles. The first kappa shape index (κ1) is 18.6. The zero-order valence-electron chi connectivity index (χ0n) is 16.3. The zero-order chi connectivity index (χ0) is 20.5. The molecule has 4 rings (SSSR count). The van der Waals surface area contributed by atoms with Gasteiger partial charge in [0.25, 0.3) is 5.56 Å². The highest BCUT2D eigenvalue weighted by molar-refractivity contribution is 6.07. The third kappa shape index (κ3) is 3.18. The zero-order valence-corrected chi connectivity index (χ0v) is 16.3. The summed E-state index contributed by atoms with van der Waals surface area (Å²) in [7, 11) is 1.32. The summed E-state index contributed by atoms with van der Waals surface area (Å²) in [6.07, 6.45) is 3.28. The molecule has 144 valence electrons. The maximum atomic E-state index is 13.5. The summed E-state index contributed by atoms with van der Waals surface area (Å²) in [6, 6.07) is 14.8. The summed E-state index contributed by atoms with van der Waals surface area (Å²) in [6.45, 7) is 3.71. The first-order valence-electron chi connectivity index (χ1n) is 9.14. The predicted molar refractivity (Wildman–Crippen MR) is 111 cm³/mol. The summed E-state index contributed by atoms with van der Waals surface area (Å²) < 4.78 is 6.47. The third-order valence-electron chi connectivity index (χ3n) is 4.81. The molecule has 3 heterocycles. The number of hydrogen-bond donors (Lipinski definition) is 0. The Labute approximate surface area is 167 Å². The van der Waals surface area contributed by atoms with Crippen LogP contribution in [0.4, 0.5) is 0 Å². The number of carbonyl (C=O) groups excluding carboxylic acids is 1. The molecule has 0 bridgehead atoms. The standard InChI is InChI=1S/C23H19N3O3/c1-14-7-6-8-16(13-14)20-19(23(28)29-3)15(2)25-17-10-12-26(22(27)21(17)20)18-9-4-5-11-24-18/h4-13H,1-3H3. The first-order chi connectivity index (χ1) is 14.0. The van der Waals surface area contributed by atoms with Crippen LogP contribution >= 0.6 is 0 Å². The third-order valence-corrected chi connectivity index (χ3v) is 4.81. The molecule has 3 aromatic heterocycles. The summed E-state index contributed by atoms with van der Waals surface area (Å²) in [4.78, 5) is 34.9. The lowest BCUT2D eigenvalue weighted by atomic mass is 9.94. The smallest absolute Gasteiger partial charge is 0.340 e. The predicted octanol–water partition coefficient (Wildman–Crippen LogP) is 3.85. The highest BCUT2D eigenvalue weighted by Gasteiger charge is 2.23. The molecule has 29 heavy (non-hydrogen) atoms. The van der Waals surface area contributed by atoms with Gasteiger partial charge in [-0.3, -0.25) is 14.3 Å². The van der Waals surface area contributed by atoms with Crippen molar-refractivity contribution >= 4 is 16.9 Å². The Balaban J connectivity index is 2.18. The second kappa shape index (κ2) is 7.31. The van der Waals surface area contributed by atoms with E-state index in [4.69, 9.17) is 4.74 Å². The molecule has 0 N–H and O–H groups in total. The number of methoxy groups -OCH3 is 1. The van der Waals surface area contributed by atoms with Crippen molar-refractivity contribution in [3.05, 3.63) is 88.1 Å². The maximum Gasteiger partial charge on any atom is 0.340 e. The van der Waals surface area contributed by atoms with Gasteiger partial charge in [0.05, 0.1) is 29.3 Å². The van der Waals surface area contributed by atoms with Crippen molar-refractivity contribution in [2.45, 2.75) is 13.8 Å². The molecule has 6 heteroatoms. The Kier molecular flexibility index (Phi) is 4.68. The average Bonchev–Trinajstić information content (AvgIpc) is 2.73. The van der Waals surface area contributed by atoms with Crippen LogP contribution in [-0.4, -0.2) is 27.6 Å². The van der Waals surface area contributed by atoms with Gasteiger partial charge < -0.3 is 4.74 Å². The number of hydrogen-bond acceptors (Lipinski definition) is 5. The molecule has 0 aliphatic heterocycles. The number of benzene rings is 1. The lowest BCUT2D eigenvalue weighted by Crippen LogP contribution is -2.21. The monoisotopic (exact) mass is 385 g/mol. The molecular formula is C23H19N3O3. The molecule has 4 aromatic rings. The molecule has 0 aliphatic carbocycles. The highest BCUT2D eigenvalue weighted by Crippen LogP contribution is 2.32. The van der Waals surface area contributed by atoms with E-state index >= 15 is 0 Å². The van der Waals surface area contributed by atoms with E-state index in [0.717, 1.165) is 11.1 Å². The van der Waals surface area contributed by atoms with Crippen LogP contribution < -0.4 is 5.56 Å². The molecular weight excluding hydrogens is 366 g/mol. The number of nitrogens with zero attached hydrogens (tertiary/aromatic N) is 3. The Bertz CT molecular complexity index is 1290. The van der Waals surface area contributed by atoms with Crippen LogP contribution in [0.2, 0.25) is 0 Å². The Morgan fingerprint density at radius 3 is 2.59 bits per heavy atom. The SMILES string of the molecule is COC(=O)c1c(C)nc2ccn(-c3ccccn3)c(=O)c2c1-c1cccc(C)c1. The maximum absolute atomic E-state index is 13.5. The Morgan fingerprint density at radius 1 is 1.07 bits per heavy atom. The van der Waals surface area contributed by atoms with Crippen molar-refractivity contribution in [1.29, 1.82) is 0 Å². The number of fused-ring (bicyclic) bond motifs is 1. The van der Waals surface area contributed by atoms with Crippen molar-refractivity contribution in [3.8, 4) is 16.9 Å². The van der Waals surface area contributed by atoms with Crippen molar-refractivity contribution < 1.29 is 9.53 Å². The number of carbonyl (C=O) groups is 1. The van der Waals surface area contributed by atoms with Gasteiger partial charge in [-0.1, -0.05) is 35.9 Å². The second-order valence-electron chi connectivity index (χ2n) is 6.75. The molecule has 0 amide bonds. The number of esters is 1. The van der Waals surface area contributed by atoms with Crippen molar-refractivity contribution in [2.24, 2.45) is 0 Å². The van der Waals surface area contributed by atoms with Gasteiger partial charge in [0.1, 0.15) is 5.82 Å². The minimum atomic E-state index is -0.527. The van der Waals surface area contributed by atoms with Crippen molar-refractivity contribution in [1.82, 2.24) is 14.5 Å². The number of pyridine rings is 3. The molecule has 0 unspecified atom stereocenters. The Hall–Kier alpha value is -3.80. The lowest BCUT2D eigenvalue weighted by molar-refractivity contribution is 0.0600. The minimum absolute atomic E-state index is 0.293. The normalized spacial score (nSPS) is 10.9. The fourth-order valence-corrected chi connectivity index (χ4v) is 3.51. The number of ether oxygens (including phenoxy) is 1. The molecule has 0 aliphatic rings. The molecule has 0 spiro atoms. The minimum Gasteiger partial charge on any atom is -0.465 e. The quantitative estimate of drug-likeness (QED) is 0.501. The average molecular weight is 385 g/mol. The first-order valence-corrected chi connectivity index (χ1v) is 9.14. The molecule has 0 radical (unpaired) electrons.